The standard InChI is InChI=1S/C76H127N5O62S2/c1-17(92)77-33-43(102)55(26(10-86)122-66(33)114)133-67-34(78-18(2)93)44(103)57(28(12-88)127-67)136-72-52(111)61(42(101)32(132-72)16-121-75-64(49(108)39(98)23(7-83)126-75)140-69-36(80-20(4)95)46(105)56(27(11-87)129-69)135-71-50(109)48(107)38(97)22(6-82)123-71)139-76-65(141-70-37(81-21(5)96)47(106)59(30(14-90)130-70)138-74-54(113)63(143-145(118,119)120)41(100)25(9-85)125-74)51(110)60(31(15-91)131-76)134-68-35(79-19(3)94)45(104)58(29(13-89)128-68)137-73-53(112)62(142-144(115,116)117)40(99)24(8-84)124-73/h22-76,82-91,97-114H,6-16H2,1-5H3,(H,77,92)(H,78,93)(H,79,94)(H,80,95)(H,81,96)(H,115,116,117)(H,118,119,120)/t22-,23-,24-,25-,26-,27-,28-,29-,30-,31-,32-,33-,34-,35-,36-,37-,38+,39-,40+,41+,42-,43-,44-,45-,46-,47-,48+,49+,50-,51+,52+,53-,54-,55-,56-,57-,58-,59-,60-,61+,62+,63+,64+,65+,66?,67+,68+,69+,70+,71+,72+,73+,74+,75+,76-/m1/s1. The van der Waals surface area contributed by atoms with E-state index in [4.69, 9.17) is 99.5 Å². The largest absolute Gasteiger partial charge is 0.397 e. The highest BCUT2D eigenvalue weighted by molar-refractivity contribution is 7.81. The van der Waals surface area contributed by atoms with Gasteiger partial charge >= 0.3 is 20.8 Å². The average molecular weight is 2170 g/mol. The third-order valence-electron chi connectivity index (χ3n) is 25.4. The summed E-state index contributed by atoms with van der Waals surface area (Å²) >= 11 is 0. The van der Waals surface area contributed by atoms with E-state index in [0.717, 1.165) is 34.6 Å². The monoisotopic (exact) mass is 2170 g/mol. The number of hydrogen-bond acceptors (Lipinski definition) is 60. The Morgan fingerprint density at radius 3 is 0.752 bits per heavy atom. The minimum atomic E-state index is -5.63. The molecule has 840 valence electrons. The summed E-state index contributed by atoms with van der Waals surface area (Å²) in [5, 5.41) is 330. The normalized spacial score (nSPS) is 47.1. The fourth-order valence-electron chi connectivity index (χ4n) is 18.3. The van der Waals surface area contributed by atoms with Gasteiger partial charge in [0, 0.05) is 34.6 Å². The number of rotatable bonds is 40. The maximum absolute atomic E-state index is 13.5. The van der Waals surface area contributed by atoms with Crippen molar-refractivity contribution in [1.82, 2.24) is 26.6 Å². The molecular formula is C76H127N5O62S2. The number of aliphatic hydroxyl groups excluding tert-OH is 28. The first-order valence-corrected chi connectivity index (χ1v) is 47.7. The molecule has 11 heterocycles. The first kappa shape index (κ1) is 120. The first-order valence-electron chi connectivity index (χ1n) is 45.0. The van der Waals surface area contributed by atoms with Crippen LogP contribution >= 0.6 is 0 Å². The maximum atomic E-state index is 13.5. The number of carbonyl (C=O) groups is 5. The third kappa shape index (κ3) is 27.9. The number of nitrogens with one attached hydrogen (secondary N) is 5. The quantitative estimate of drug-likeness (QED) is 0.0253. The summed E-state index contributed by atoms with van der Waals surface area (Å²) < 4.78 is 202. The fourth-order valence-corrected chi connectivity index (χ4v) is 19.3. The minimum absolute atomic E-state index is 0.789. The summed E-state index contributed by atoms with van der Waals surface area (Å²) in [4.78, 5) is 65.5. The Morgan fingerprint density at radius 2 is 0.434 bits per heavy atom. The van der Waals surface area contributed by atoms with Gasteiger partial charge in [0.05, 0.1) is 72.7 Å². The van der Waals surface area contributed by atoms with E-state index in [1.54, 1.807) is 0 Å². The molecule has 0 saturated carbocycles. The molecule has 35 N–H and O–H groups in total. The van der Waals surface area contributed by atoms with Gasteiger partial charge in [-0.25, -0.2) is 8.37 Å². The van der Waals surface area contributed by atoms with Crippen LogP contribution in [0.3, 0.4) is 0 Å². The average Bonchev–Trinajstić information content (AvgIpc) is 0.811. The smallest absolute Gasteiger partial charge is 0.394 e. The summed E-state index contributed by atoms with van der Waals surface area (Å²) in [6.07, 6.45) is -115. The van der Waals surface area contributed by atoms with E-state index in [1.807, 2.05) is 0 Å². The van der Waals surface area contributed by atoms with Crippen LogP contribution in [0.4, 0.5) is 0 Å². The van der Waals surface area contributed by atoms with Gasteiger partial charge in [0.15, 0.2) is 69.2 Å². The van der Waals surface area contributed by atoms with Crippen molar-refractivity contribution < 1.29 is 301 Å². The molecular weight excluding hydrogens is 2040 g/mol. The van der Waals surface area contributed by atoms with Crippen LogP contribution in [-0.2, 0) is 153 Å². The van der Waals surface area contributed by atoms with Gasteiger partial charge in [-0.1, -0.05) is 0 Å². The zero-order valence-electron chi connectivity index (χ0n) is 76.8. The molecule has 1 unspecified atom stereocenters. The Labute approximate surface area is 819 Å². The minimum Gasteiger partial charge on any atom is -0.394 e. The second-order valence-electron chi connectivity index (χ2n) is 35.5. The summed E-state index contributed by atoms with van der Waals surface area (Å²) in [5.41, 5.74) is 0. The number of carbonyl (C=O) groups excluding carboxylic acids is 5. The summed E-state index contributed by atoms with van der Waals surface area (Å²) in [6.45, 7) is -9.64. The molecule has 11 aliphatic heterocycles. The molecule has 11 rings (SSSR count). The van der Waals surface area contributed by atoms with E-state index >= 15 is 0 Å². The van der Waals surface area contributed by atoms with Crippen molar-refractivity contribution in [2.24, 2.45) is 0 Å². The molecule has 0 aliphatic carbocycles. The van der Waals surface area contributed by atoms with Crippen LogP contribution < -0.4 is 26.6 Å². The number of aliphatic hydroxyl groups is 28. The van der Waals surface area contributed by atoms with Gasteiger partial charge in [0.1, 0.15) is 268 Å². The van der Waals surface area contributed by atoms with E-state index in [2.05, 4.69) is 35.0 Å². The molecule has 11 fully saturated rings. The summed E-state index contributed by atoms with van der Waals surface area (Å²) in [6, 6.07) is -10.3. The summed E-state index contributed by atoms with van der Waals surface area (Å²) in [5.74, 6) is -5.19. The molecule has 69 heteroatoms. The van der Waals surface area contributed by atoms with Crippen molar-refractivity contribution >= 4 is 50.3 Å². The zero-order valence-corrected chi connectivity index (χ0v) is 78.5. The SMILES string of the molecule is CC(=O)N[C@H]1[C@H](O[C@H]2[C@H](O)[C@@H](NC(C)=O)C(O)O[C@@H]2CO)O[C@H](CO)[C@@H](O[C@@H]2O[C@H](CO[C@H]3O[C@H](CO)[C@@H](O)[C@H](O)[C@@H]3O[C@@H]3O[C@H](CO)[C@@H](O[C@@H]4O[C@H](CO)[C@H](O)[C@H](O)[C@H]4O)[C@H](O)[C@H]3NC(C)=O)[C@@H](O)[C@H](O[C@H]3O[C@H](CO)[C@@H](O[C@@H]4O[C@H](CO)[C@@H](O[C@@H]5O[C@H](CO)[C@H](O)[C@H](OS(=O)(=O)O)[C@H]5O)[C@H](O)[C@H]4NC(C)=O)[C@H](O)[C@@H]3O[C@@H]3O[C@H](CO)[C@@H](O[C@@H]4O[C@H](CO)[C@H](O)[C@H](OS(=O)(=O)O)[C@H]4O)[C@H](O)[C@H]3NC(C)=O)[C@@H]2O)[C@@H]1O. The maximum Gasteiger partial charge on any atom is 0.397 e. The highest BCUT2D eigenvalue weighted by Gasteiger charge is 2.64. The molecule has 5 amide bonds. The topological polar surface area (TPSA) is 1030 Å². The fraction of sp³-hybridized carbons (Fsp3) is 0.934. The highest BCUT2D eigenvalue weighted by atomic mass is 32.3. The number of amides is 5. The van der Waals surface area contributed by atoms with E-state index in [-0.39, 0.29) is 0 Å². The van der Waals surface area contributed by atoms with E-state index in [0.29, 0.717) is 0 Å². The molecule has 0 radical (unpaired) electrons. The molecule has 0 spiro atoms. The molecule has 11 aliphatic rings. The van der Waals surface area contributed by atoms with Crippen LogP contribution in [0, 0.1) is 0 Å². The van der Waals surface area contributed by atoms with Gasteiger partial charge in [-0.15, -0.1) is 0 Å². The van der Waals surface area contributed by atoms with Gasteiger partial charge < -0.3 is 269 Å². The Bertz CT molecular complexity index is 4360. The Hall–Kier alpha value is -4.87. The van der Waals surface area contributed by atoms with Gasteiger partial charge in [-0.3, -0.25) is 33.1 Å². The van der Waals surface area contributed by atoms with Crippen molar-refractivity contribution in [3.63, 3.8) is 0 Å². The predicted molar refractivity (Wildman–Crippen MR) is 441 cm³/mol. The lowest BCUT2D eigenvalue weighted by Gasteiger charge is -2.52. The second-order valence-corrected chi connectivity index (χ2v) is 37.6. The van der Waals surface area contributed by atoms with Crippen molar-refractivity contribution in [3.8, 4) is 0 Å². The molecule has 0 bridgehead atoms. The second kappa shape index (κ2) is 51.9. The van der Waals surface area contributed by atoms with Gasteiger partial charge in [-0.2, -0.15) is 16.8 Å². The van der Waals surface area contributed by atoms with Crippen LogP contribution in [0.25, 0.3) is 0 Å². The lowest BCUT2D eigenvalue weighted by Crippen LogP contribution is -2.71. The van der Waals surface area contributed by atoms with Gasteiger partial charge in [0.25, 0.3) is 0 Å². The van der Waals surface area contributed by atoms with Crippen molar-refractivity contribution in [2.75, 3.05) is 72.7 Å². The lowest BCUT2D eigenvalue weighted by atomic mass is 9.93. The molecule has 11 saturated heterocycles. The molecule has 0 aromatic rings. The van der Waals surface area contributed by atoms with Crippen LogP contribution in [0.5, 0.6) is 0 Å². The molecule has 145 heavy (non-hydrogen) atoms. The molecule has 67 nitrogen and oxygen atoms in total. The Kier molecular flexibility index (Phi) is 43.1. The van der Waals surface area contributed by atoms with Crippen LogP contribution in [-0.4, -0.2) is 609 Å². The number of hydrogen-bond donors (Lipinski definition) is 35. The first-order chi connectivity index (χ1) is 68.2. The molecule has 0 aromatic carbocycles. The van der Waals surface area contributed by atoms with Crippen LogP contribution in [0.2, 0.25) is 0 Å². The Morgan fingerprint density at radius 1 is 0.214 bits per heavy atom. The summed E-state index contributed by atoms with van der Waals surface area (Å²) in [7, 11) is -11.2. The third-order valence-corrected chi connectivity index (χ3v) is 26.3. The van der Waals surface area contributed by atoms with E-state index in [1.165, 1.54) is 0 Å². The molecule has 55 atom stereocenters. The zero-order chi connectivity index (χ0) is 107. The Balaban J connectivity index is 0.996. The predicted octanol–water partition coefficient (Wildman–Crippen LogP) is -24.6. The van der Waals surface area contributed by atoms with E-state index in [9.17, 15) is 193 Å². The van der Waals surface area contributed by atoms with Crippen molar-refractivity contribution in [3.05, 3.63) is 0 Å². The highest BCUT2D eigenvalue weighted by Crippen LogP contribution is 2.43. The number of ether oxygens (including phenoxy) is 21. The van der Waals surface area contributed by atoms with Crippen molar-refractivity contribution in [2.45, 2.75) is 372 Å². The van der Waals surface area contributed by atoms with E-state index < -0.39 is 460 Å². The van der Waals surface area contributed by atoms with Gasteiger partial charge in [-0.05, 0) is 0 Å². The van der Waals surface area contributed by atoms with Crippen LogP contribution in [0.15, 0.2) is 0 Å². The van der Waals surface area contributed by atoms with Crippen LogP contribution in [0.1, 0.15) is 34.6 Å². The van der Waals surface area contributed by atoms with Gasteiger partial charge in [0.2, 0.25) is 29.5 Å². The molecule has 0 aromatic heterocycles. The van der Waals surface area contributed by atoms with Crippen molar-refractivity contribution in [1.29, 1.82) is 0 Å². The lowest BCUT2D eigenvalue weighted by molar-refractivity contribution is -0.406.